The van der Waals surface area contributed by atoms with Gasteiger partial charge in [0.25, 0.3) is 0 Å². The van der Waals surface area contributed by atoms with Gasteiger partial charge in [0.1, 0.15) is 0 Å². The molecule has 1 aliphatic rings. The molecule has 0 aromatic carbocycles. The first-order valence-corrected chi connectivity index (χ1v) is 13.5. The maximum atomic E-state index is 2.52. The molecule has 0 saturated heterocycles. The Morgan fingerprint density at radius 1 is 0.633 bits per heavy atom. The fourth-order valence-corrected chi connectivity index (χ4v) is 4.84. The monoisotopic (exact) mass is 416 g/mol. The topological polar surface area (TPSA) is 0 Å². The largest absolute Gasteiger partial charge is 0.0854 e. The van der Waals surface area contributed by atoms with Crippen LogP contribution in [0.4, 0.5) is 0 Å². The van der Waals surface area contributed by atoms with Gasteiger partial charge in [0.2, 0.25) is 0 Å². The van der Waals surface area contributed by atoms with Crippen LogP contribution < -0.4 is 0 Å². The Balaban J connectivity index is 2.18. The van der Waals surface area contributed by atoms with E-state index in [0.717, 1.165) is 35.5 Å². The lowest BCUT2D eigenvalue weighted by molar-refractivity contribution is 0.261. The van der Waals surface area contributed by atoms with Crippen molar-refractivity contribution in [3.8, 4) is 0 Å². The molecule has 0 bridgehead atoms. The van der Waals surface area contributed by atoms with Gasteiger partial charge in [-0.2, -0.15) is 0 Å². The Hall–Kier alpha value is -0.520. The lowest BCUT2D eigenvalue weighted by Crippen LogP contribution is -2.15. The minimum absolute atomic E-state index is 0.585. The van der Waals surface area contributed by atoms with Gasteiger partial charge in [0.15, 0.2) is 0 Å². The predicted molar refractivity (Wildman–Crippen MR) is 138 cm³/mol. The quantitative estimate of drug-likeness (QED) is 0.247. The van der Waals surface area contributed by atoms with Gasteiger partial charge < -0.3 is 0 Å². The summed E-state index contributed by atoms with van der Waals surface area (Å²) in [7, 11) is 0. The molecule has 1 aliphatic carbocycles. The average molecular weight is 417 g/mol. The molecule has 0 spiro atoms. The summed E-state index contributed by atoms with van der Waals surface area (Å²) in [5.41, 5.74) is 0. The molecule has 1 fully saturated rings. The van der Waals surface area contributed by atoms with Crippen molar-refractivity contribution >= 4 is 0 Å². The highest BCUT2D eigenvalue weighted by atomic mass is 14.3. The lowest BCUT2D eigenvalue weighted by Gasteiger charge is -2.28. The molecule has 0 heteroatoms. The van der Waals surface area contributed by atoms with Crippen LogP contribution in [-0.4, -0.2) is 0 Å². The summed E-state index contributed by atoms with van der Waals surface area (Å²) in [6, 6.07) is 0. The summed E-state index contributed by atoms with van der Waals surface area (Å²) in [4.78, 5) is 0. The van der Waals surface area contributed by atoms with Crippen LogP contribution >= 0.6 is 0 Å². The van der Waals surface area contributed by atoms with E-state index in [4.69, 9.17) is 0 Å². The minimum Gasteiger partial charge on any atom is -0.0854 e. The molecule has 1 saturated carbocycles. The van der Waals surface area contributed by atoms with E-state index in [-0.39, 0.29) is 0 Å². The first-order valence-electron chi connectivity index (χ1n) is 13.5. The van der Waals surface area contributed by atoms with E-state index < -0.39 is 0 Å². The van der Waals surface area contributed by atoms with Crippen molar-refractivity contribution in [1.82, 2.24) is 0 Å². The van der Waals surface area contributed by atoms with E-state index in [1.54, 1.807) is 0 Å². The molecule has 0 heterocycles. The molecule has 0 N–H and O–H groups in total. The van der Waals surface area contributed by atoms with E-state index >= 15 is 0 Å². The Morgan fingerprint density at radius 3 is 1.80 bits per heavy atom. The van der Waals surface area contributed by atoms with Crippen LogP contribution in [0.25, 0.3) is 0 Å². The first-order chi connectivity index (χ1) is 14.2. The van der Waals surface area contributed by atoms with Crippen LogP contribution in [0.3, 0.4) is 0 Å². The zero-order valence-corrected chi connectivity index (χ0v) is 22.0. The maximum absolute atomic E-state index is 2.52. The van der Waals surface area contributed by atoms with Gasteiger partial charge in [-0.25, -0.2) is 0 Å². The number of hydrogen-bond donors (Lipinski definition) is 0. The van der Waals surface area contributed by atoms with Gasteiger partial charge in [-0.1, -0.05) is 118 Å². The van der Waals surface area contributed by atoms with Gasteiger partial charge in [0.05, 0.1) is 0 Å². The van der Waals surface area contributed by atoms with Crippen molar-refractivity contribution in [2.24, 2.45) is 47.3 Å². The maximum Gasteiger partial charge on any atom is -0.00817 e. The average Bonchev–Trinajstić information content (AvgIpc) is 2.71. The molecule has 30 heavy (non-hydrogen) atoms. The van der Waals surface area contributed by atoms with Crippen LogP contribution in [0.5, 0.6) is 0 Å². The van der Waals surface area contributed by atoms with Crippen LogP contribution in [0.15, 0.2) is 24.3 Å². The van der Waals surface area contributed by atoms with Crippen molar-refractivity contribution < 1.29 is 0 Å². The minimum atomic E-state index is 0.585. The van der Waals surface area contributed by atoms with Crippen LogP contribution in [0, 0.1) is 47.3 Å². The molecule has 0 aromatic rings. The molecule has 1 rings (SSSR count). The second-order valence-corrected chi connectivity index (χ2v) is 11.8. The predicted octanol–water partition coefficient (Wildman–Crippen LogP) is 10.1. The first kappa shape index (κ1) is 27.5. The van der Waals surface area contributed by atoms with Crippen LogP contribution in [0.1, 0.15) is 120 Å². The molecule has 0 amide bonds. The summed E-state index contributed by atoms with van der Waals surface area (Å²) in [6.07, 6.45) is 24.0. The van der Waals surface area contributed by atoms with Gasteiger partial charge in [0, 0.05) is 0 Å². The van der Waals surface area contributed by atoms with Gasteiger partial charge in [-0.15, -0.1) is 0 Å². The van der Waals surface area contributed by atoms with E-state index in [0.29, 0.717) is 11.8 Å². The summed E-state index contributed by atoms with van der Waals surface area (Å²) in [5, 5.41) is 0. The second-order valence-electron chi connectivity index (χ2n) is 11.8. The molecule has 176 valence electrons. The Kier molecular flexibility index (Phi) is 14.0. The summed E-state index contributed by atoms with van der Waals surface area (Å²) in [5.74, 6) is 6.64. The Bertz CT molecular complexity index is 460. The standard InChI is InChI=1S/C30H56/c1-23(2)9-11-25(5)13-17-29-19-21-30(22-20-29)18-14-26(6)12-16-28(8)27(7)15-10-24(3)4/h9,11,13,17,23-30H,10,12,14-16,18-22H2,1-8H3/b11-9-,17-13+. The van der Waals surface area contributed by atoms with Crippen molar-refractivity contribution in [3.05, 3.63) is 24.3 Å². The molecule has 4 atom stereocenters. The number of allylic oxidation sites excluding steroid dienone is 4. The molecule has 0 radical (unpaired) electrons. The summed E-state index contributed by atoms with van der Waals surface area (Å²) >= 11 is 0. The normalized spacial score (nSPS) is 24.7. The van der Waals surface area contributed by atoms with E-state index in [2.05, 4.69) is 79.7 Å². The van der Waals surface area contributed by atoms with Crippen LogP contribution in [0.2, 0.25) is 0 Å². The molecular weight excluding hydrogens is 360 g/mol. The van der Waals surface area contributed by atoms with Crippen molar-refractivity contribution in [3.63, 3.8) is 0 Å². The highest BCUT2D eigenvalue weighted by Crippen LogP contribution is 2.34. The highest BCUT2D eigenvalue weighted by molar-refractivity contribution is 5.02. The van der Waals surface area contributed by atoms with E-state index in [1.165, 1.54) is 64.2 Å². The van der Waals surface area contributed by atoms with E-state index in [9.17, 15) is 0 Å². The Labute approximate surface area is 191 Å². The smallest absolute Gasteiger partial charge is 0.00817 e. The zero-order valence-electron chi connectivity index (χ0n) is 22.0. The third-order valence-corrected chi connectivity index (χ3v) is 7.73. The third-order valence-electron chi connectivity index (χ3n) is 7.73. The third kappa shape index (κ3) is 13.0. The summed E-state index contributed by atoms with van der Waals surface area (Å²) < 4.78 is 0. The molecule has 0 aromatic heterocycles. The van der Waals surface area contributed by atoms with Crippen molar-refractivity contribution in [2.75, 3.05) is 0 Å². The van der Waals surface area contributed by atoms with Crippen molar-refractivity contribution in [1.29, 1.82) is 0 Å². The summed E-state index contributed by atoms with van der Waals surface area (Å²) in [6.45, 7) is 19.0. The SMILES string of the molecule is CC(C)/C=C\C(C)/C=C/C1CCC(CCC(C)CCC(C)C(C)CCC(C)C)CC1. The van der Waals surface area contributed by atoms with Crippen molar-refractivity contribution in [2.45, 2.75) is 120 Å². The number of rotatable bonds is 14. The second kappa shape index (κ2) is 15.3. The molecule has 0 aliphatic heterocycles. The highest BCUT2D eigenvalue weighted by Gasteiger charge is 2.20. The lowest BCUT2D eigenvalue weighted by atomic mass is 9.78. The fraction of sp³-hybridized carbons (Fsp3) is 0.867. The molecular formula is C30H56. The van der Waals surface area contributed by atoms with Crippen LogP contribution in [-0.2, 0) is 0 Å². The fourth-order valence-electron chi connectivity index (χ4n) is 4.84. The molecule has 0 nitrogen and oxygen atoms in total. The van der Waals surface area contributed by atoms with Gasteiger partial charge in [-0.3, -0.25) is 0 Å². The van der Waals surface area contributed by atoms with E-state index in [1.807, 2.05) is 0 Å². The van der Waals surface area contributed by atoms with Gasteiger partial charge in [-0.05, 0) is 73.0 Å². The number of hydrogen-bond acceptors (Lipinski definition) is 0. The zero-order chi connectivity index (χ0) is 22.5. The Morgan fingerprint density at radius 2 is 1.23 bits per heavy atom. The molecule has 4 unspecified atom stereocenters. The van der Waals surface area contributed by atoms with Gasteiger partial charge >= 0.3 is 0 Å².